The molecule has 1 atom stereocenters. The van der Waals surface area contributed by atoms with Gasteiger partial charge in [0.1, 0.15) is 6.10 Å². The fraction of sp³-hybridized carbons (Fsp3) is 0.964. The zero-order chi connectivity index (χ0) is 43.5. The van der Waals surface area contributed by atoms with Crippen molar-refractivity contribution in [2.45, 2.75) is 341 Å². The molecule has 0 heterocycles. The number of esters is 2. The van der Waals surface area contributed by atoms with E-state index < -0.39 is 0 Å². The maximum absolute atomic E-state index is 12.7. The Hall–Kier alpha value is -1.06. The Morgan fingerprint density at radius 2 is 0.517 bits per heavy atom. The summed E-state index contributed by atoms with van der Waals surface area (Å²) >= 11 is 0. The molecule has 0 bridgehead atoms. The lowest BCUT2D eigenvalue weighted by molar-refractivity contribution is -0.150. The molecular weight excluding hydrogens is 737 g/mol. The van der Waals surface area contributed by atoms with Crippen LogP contribution in [0.1, 0.15) is 335 Å². The van der Waals surface area contributed by atoms with E-state index in [1.165, 1.54) is 250 Å². The standard InChI is InChI=1S/C56H110O4/c1-4-7-10-13-15-17-19-21-23-24-25-27-29-31-35-39-43-48-53-59-55(57)51-46-41-37-34-33-36-40-45-50-54(49-44-12-9-6-3)60-56(58)52-47-42-38-32-30-28-26-22-20-18-16-14-11-8-5-2/h54H,4-53H2,1-3H3. The molecule has 0 radical (unpaired) electrons. The first-order valence-corrected chi connectivity index (χ1v) is 28.0. The first-order chi connectivity index (χ1) is 29.6. The highest BCUT2D eigenvalue weighted by molar-refractivity contribution is 5.69. The summed E-state index contributed by atoms with van der Waals surface area (Å²) in [5.74, 6) is 0.0429. The fourth-order valence-corrected chi connectivity index (χ4v) is 8.91. The Balaban J connectivity index is 3.64. The Morgan fingerprint density at radius 3 is 0.833 bits per heavy atom. The number of unbranched alkanes of at least 4 members (excludes halogenated alkanes) is 41. The predicted octanol–water partition coefficient (Wildman–Crippen LogP) is 19.6. The average molecular weight is 847 g/mol. The molecule has 0 rings (SSSR count). The smallest absolute Gasteiger partial charge is 0.306 e. The zero-order valence-corrected chi connectivity index (χ0v) is 41.6. The third-order valence-corrected chi connectivity index (χ3v) is 13.1. The number of rotatable bonds is 52. The van der Waals surface area contributed by atoms with Gasteiger partial charge in [-0.15, -0.1) is 0 Å². The highest BCUT2D eigenvalue weighted by atomic mass is 16.5. The normalized spacial score (nSPS) is 12.0. The lowest BCUT2D eigenvalue weighted by atomic mass is 10.0. The van der Waals surface area contributed by atoms with Gasteiger partial charge in [0.25, 0.3) is 0 Å². The Morgan fingerprint density at radius 1 is 0.283 bits per heavy atom. The summed E-state index contributed by atoms with van der Waals surface area (Å²) in [6.45, 7) is 7.45. The molecule has 0 aromatic heterocycles. The van der Waals surface area contributed by atoms with Gasteiger partial charge in [-0.05, 0) is 44.9 Å². The van der Waals surface area contributed by atoms with E-state index >= 15 is 0 Å². The molecule has 4 nitrogen and oxygen atoms in total. The van der Waals surface area contributed by atoms with Crippen LogP contribution in [0, 0.1) is 0 Å². The Labute approximate surface area is 377 Å². The molecule has 0 aliphatic carbocycles. The summed E-state index contributed by atoms with van der Waals surface area (Å²) in [6.07, 6.45) is 62.7. The predicted molar refractivity (Wildman–Crippen MR) is 264 cm³/mol. The van der Waals surface area contributed by atoms with Crippen molar-refractivity contribution in [3.05, 3.63) is 0 Å². The topological polar surface area (TPSA) is 52.6 Å². The molecule has 0 aromatic carbocycles. The van der Waals surface area contributed by atoms with Crippen molar-refractivity contribution in [3.8, 4) is 0 Å². The molecule has 0 aliphatic rings. The molecule has 0 spiro atoms. The summed E-state index contributed by atoms with van der Waals surface area (Å²) in [5, 5.41) is 0. The second-order valence-corrected chi connectivity index (χ2v) is 19.3. The van der Waals surface area contributed by atoms with E-state index in [1.54, 1.807) is 0 Å². The van der Waals surface area contributed by atoms with E-state index in [2.05, 4.69) is 20.8 Å². The monoisotopic (exact) mass is 847 g/mol. The van der Waals surface area contributed by atoms with Crippen molar-refractivity contribution in [2.75, 3.05) is 6.61 Å². The van der Waals surface area contributed by atoms with E-state index in [9.17, 15) is 9.59 Å². The summed E-state index contributed by atoms with van der Waals surface area (Å²) in [5.41, 5.74) is 0. The van der Waals surface area contributed by atoms with Crippen molar-refractivity contribution in [1.29, 1.82) is 0 Å². The van der Waals surface area contributed by atoms with Gasteiger partial charge in [-0.3, -0.25) is 9.59 Å². The van der Waals surface area contributed by atoms with Gasteiger partial charge in [0.05, 0.1) is 6.61 Å². The quantitative estimate of drug-likeness (QED) is 0.0452. The van der Waals surface area contributed by atoms with Crippen LogP contribution in [0.4, 0.5) is 0 Å². The average Bonchev–Trinajstić information content (AvgIpc) is 3.25. The van der Waals surface area contributed by atoms with Crippen LogP contribution in [0.2, 0.25) is 0 Å². The highest BCUT2D eigenvalue weighted by Crippen LogP contribution is 2.20. The number of hydrogen-bond acceptors (Lipinski definition) is 4. The zero-order valence-electron chi connectivity index (χ0n) is 41.6. The van der Waals surface area contributed by atoms with Crippen LogP contribution in [-0.2, 0) is 19.1 Å². The first kappa shape index (κ1) is 58.9. The van der Waals surface area contributed by atoms with Crippen LogP contribution in [-0.4, -0.2) is 24.6 Å². The van der Waals surface area contributed by atoms with Crippen LogP contribution in [0.15, 0.2) is 0 Å². The molecule has 60 heavy (non-hydrogen) atoms. The molecule has 0 fully saturated rings. The molecule has 4 heteroatoms. The molecule has 0 N–H and O–H groups in total. The lowest BCUT2D eigenvalue weighted by Crippen LogP contribution is -2.18. The summed E-state index contributed by atoms with van der Waals surface area (Å²) < 4.78 is 11.6. The molecular formula is C56H110O4. The van der Waals surface area contributed by atoms with Crippen LogP contribution >= 0.6 is 0 Å². The van der Waals surface area contributed by atoms with Gasteiger partial charge < -0.3 is 9.47 Å². The maximum atomic E-state index is 12.7. The van der Waals surface area contributed by atoms with E-state index in [4.69, 9.17) is 9.47 Å². The minimum absolute atomic E-state index is 0.00161. The fourth-order valence-electron chi connectivity index (χ4n) is 8.91. The second-order valence-electron chi connectivity index (χ2n) is 19.3. The highest BCUT2D eigenvalue weighted by Gasteiger charge is 2.14. The molecule has 358 valence electrons. The molecule has 0 saturated carbocycles. The molecule has 0 aliphatic heterocycles. The Bertz CT molecular complexity index is 826. The van der Waals surface area contributed by atoms with Crippen LogP contribution < -0.4 is 0 Å². The number of hydrogen-bond donors (Lipinski definition) is 0. The summed E-state index contributed by atoms with van der Waals surface area (Å²) in [7, 11) is 0. The molecule has 0 aromatic rings. The van der Waals surface area contributed by atoms with Gasteiger partial charge in [0.15, 0.2) is 0 Å². The number of ether oxygens (including phenoxy) is 2. The van der Waals surface area contributed by atoms with Crippen LogP contribution in [0.5, 0.6) is 0 Å². The van der Waals surface area contributed by atoms with Gasteiger partial charge in [0, 0.05) is 12.8 Å². The largest absolute Gasteiger partial charge is 0.466 e. The Kier molecular flexibility index (Phi) is 51.4. The van der Waals surface area contributed by atoms with Crippen molar-refractivity contribution >= 4 is 11.9 Å². The van der Waals surface area contributed by atoms with Crippen LogP contribution in [0.3, 0.4) is 0 Å². The third-order valence-electron chi connectivity index (χ3n) is 13.1. The minimum atomic E-state index is 0.00161. The molecule has 1 unspecified atom stereocenters. The van der Waals surface area contributed by atoms with Crippen molar-refractivity contribution < 1.29 is 19.1 Å². The minimum Gasteiger partial charge on any atom is -0.466 e. The van der Waals surface area contributed by atoms with E-state index in [-0.39, 0.29) is 18.0 Å². The summed E-state index contributed by atoms with van der Waals surface area (Å²) in [4.78, 5) is 24.9. The van der Waals surface area contributed by atoms with Crippen molar-refractivity contribution in [1.82, 2.24) is 0 Å². The summed E-state index contributed by atoms with van der Waals surface area (Å²) in [6, 6.07) is 0. The maximum Gasteiger partial charge on any atom is 0.306 e. The van der Waals surface area contributed by atoms with E-state index in [0.717, 1.165) is 51.4 Å². The van der Waals surface area contributed by atoms with Gasteiger partial charge in [-0.25, -0.2) is 0 Å². The van der Waals surface area contributed by atoms with Crippen LogP contribution in [0.25, 0.3) is 0 Å². The van der Waals surface area contributed by atoms with Gasteiger partial charge in [0.2, 0.25) is 0 Å². The van der Waals surface area contributed by atoms with E-state index in [1.807, 2.05) is 0 Å². The third kappa shape index (κ3) is 49.6. The molecule has 0 saturated heterocycles. The van der Waals surface area contributed by atoms with Crippen molar-refractivity contribution in [2.24, 2.45) is 0 Å². The SMILES string of the molecule is CCCCCCCCCCCCCCCCCCCCOC(=O)CCCCCCCCCCC(CCCCCC)OC(=O)CCCCCCCCCCCCCCCCC. The van der Waals surface area contributed by atoms with Crippen molar-refractivity contribution in [3.63, 3.8) is 0 Å². The lowest BCUT2D eigenvalue weighted by Gasteiger charge is -2.18. The second kappa shape index (κ2) is 52.3. The first-order valence-electron chi connectivity index (χ1n) is 28.0. The van der Waals surface area contributed by atoms with Gasteiger partial charge in [-0.2, -0.15) is 0 Å². The van der Waals surface area contributed by atoms with Gasteiger partial charge >= 0.3 is 11.9 Å². The number of carbonyl (C=O) groups is 2. The number of carbonyl (C=O) groups excluding carboxylic acids is 2. The van der Waals surface area contributed by atoms with E-state index in [0.29, 0.717) is 19.4 Å². The van der Waals surface area contributed by atoms with Gasteiger partial charge in [-0.1, -0.05) is 278 Å². The molecule has 0 amide bonds.